The maximum absolute atomic E-state index is 12.6. The molecule has 6 heteroatoms. The Hall–Kier alpha value is -1.98. The van der Waals surface area contributed by atoms with Crippen LogP contribution in [0.3, 0.4) is 0 Å². The summed E-state index contributed by atoms with van der Waals surface area (Å²) in [5, 5.41) is 3.61. The van der Waals surface area contributed by atoms with Gasteiger partial charge in [-0.2, -0.15) is 0 Å². The lowest BCUT2D eigenvalue weighted by molar-refractivity contribution is 0.0896. The fraction of sp³-hybridized carbons (Fsp3) is 0.560. The first-order valence-electron chi connectivity index (χ1n) is 11.5. The molecule has 1 atom stereocenters. The van der Waals surface area contributed by atoms with Crippen molar-refractivity contribution < 1.29 is 13.9 Å². The molecular formula is C25H37ClN2O3. The van der Waals surface area contributed by atoms with Crippen molar-refractivity contribution in [3.8, 4) is 5.75 Å². The van der Waals surface area contributed by atoms with Gasteiger partial charge in [0.25, 0.3) is 5.91 Å². The van der Waals surface area contributed by atoms with Crippen LogP contribution in [0, 0.1) is 0 Å². The van der Waals surface area contributed by atoms with Crippen LogP contribution < -0.4 is 10.1 Å². The molecule has 0 bridgehead atoms. The number of unbranched alkanes of at least 4 members (excludes halogenated alkanes) is 4. The third-order valence-corrected chi connectivity index (χ3v) is 5.47. The quantitative estimate of drug-likeness (QED) is 0.324. The third-order valence-electron chi connectivity index (χ3n) is 5.16. The van der Waals surface area contributed by atoms with E-state index in [4.69, 9.17) is 20.8 Å². The summed E-state index contributed by atoms with van der Waals surface area (Å²) in [4.78, 5) is 15.1. The van der Waals surface area contributed by atoms with E-state index < -0.39 is 0 Å². The fourth-order valence-electron chi connectivity index (χ4n) is 3.48. The van der Waals surface area contributed by atoms with Crippen LogP contribution in [-0.4, -0.2) is 36.5 Å². The summed E-state index contributed by atoms with van der Waals surface area (Å²) in [6, 6.07) is 10.8. The van der Waals surface area contributed by atoms with Crippen LogP contribution in [0.4, 0.5) is 0 Å². The monoisotopic (exact) mass is 448 g/mol. The van der Waals surface area contributed by atoms with Crippen molar-refractivity contribution in [2.45, 2.75) is 71.9 Å². The molecule has 0 aliphatic heterocycles. The zero-order chi connectivity index (χ0) is 22.5. The van der Waals surface area contributed by atoms with Gasteiger partial charge in [-0.1, -0.05) is 63.3 Å². The number of nitrogens with zero attached hydrogens (tertiary/aromatic N) is 1. The molecule has 0 saturated carbocycles. The zero-order valence-corrected chi connectivity index (χ0v) is 19.9. The molecule has 5 nitrogen and oxygen atoms in total. The number of furan rings is 1. The Morgan fingerprint density at radius 2 is 1.74 bits per heavy atom. The van der Waals surface area contributed by atoms with Crippen LogP contribution in [0.5, 0.6) is 5.75 Å². The van der Waals surface area contributed by atoms with E-state index in [1.807, 2.05) is 12.1 Å². The average Bonchev–Trinajstić information content (AvgIpc) is 3.22. The summed E-state index contributed by atoms with van der Waals surface area (Å²) < 4.78 is 11.4. The molecule has 1 heterocycles. The Kier molecular flexibility index (Phi) is 11.5. The average molecular weight is 449 g/mol. The van der Waals surface area contributed by atoms with Crippen molar-refractivity contribution in [2.24, 2.45) is 0 Å². The first-order chi connectivity index (χ1) is 15.0. The molecule has 0 fully saturated rings. The van der Waals surface area contributed by atoms with E-state index >= 15 is 0 Å². The Balaban J connectivity index is 1.83. The molecule has 0 aliphatic rings. The van der Waals surface area contributed by atoms with Crippen molar-refractivity contribution in [3.05, 3.63) is 52.9 Å². The molecule has 0 spiro atoms. The van der Waals surface area contributed by atoms with Gasteiger partial charge >= 0.3 is 0 Å². The van der Waals surface area contributed by atoms with Crippen molar-refractivity contribution in [3.63, 3.8) is 0 Å². The Bertz CT molecular complexity index is 768. The lowest BCUT2D eigenvalue weighted by atomic mass is 10.2. The molecule has 0 saturated heterocycles. The van der Waals surface area contributed by atoms with Crippen LogP contribution in [0.15, 0.2) is 40.8 Å². The van der Waals surface area contributed by atoms with E-state index in [-0.39, 0.29) is 18.6 Å². The molecule has 1 N–H and O–H groups in total. The van der Waals surface area contributed by atoms with Crippen molar-refractivity contribution in [1.82, 2.24) is 10.2 Å². The van der Waals surface area contributed by atoms with Gasteiger partial charge in [0.2, 0.25) is 0 Å². The predicted octanol–water partition coefficient (Wildman–Crippen LogP) is 6.31. The number of ether oxygens (including phenoxy) is 1. The van der Waals surface area contributed by atoms with Gasteiger partial charge in [0.15, 0.2) is 5.76 Å². The summed E-state index contributed by atoms with van der Waals surface area (Å²) in [5.74, 6) is 1.27. The number of carbonyl (C=O) groups is 1. The lowest BCUT2D eigenvalue weighted by Gasteiger charge is -2.26. The molecule has 172 valence electrons. The summed E-state index contributed by atoms with van der Waals surface area (Å²) in [6.45, 7) is 9.74. The van der Waals surface area contributed by atoms with Gasteiger partial charge in [0.1, 0.15) is 18.1 Å². The summed E-state index contributed by atoms with van der Waals surface area (Å²) in [7, 11) is 0. The molecule has 1 aromatic carbocycles. The highest BCUT2D eigenvalue weighted by atomic mass is 35.5. The van der Waals surface area contributed by atoms with Gasteiger partial charge in [-0.15, -0.1) is 0 Å². The number of benzene rings is 1. The van der Waals surface area contributed by atoms with Gasteiger partial charge in [0.05, 0.1) is 5.02 Å². The summed E-state index contributed by atoms with van der Waals surface area (Å²) in [5.41, 5.74) is 0. The van der Waals surface area contributed by atoms with Gasteiger partial charge in [-0.25, -0.2) is 0 Å². The number of rotatable bonds is 15. The SMILES string of the molecule is CCCCCN(CCCCC)CC(C)NC(=O)c1ccc(COc2ccccc2Cl)o1. The second-order valence-corrected chi connectivity index (χ2v) is 8.48. The van der Waals surface area contributed by atoms with Crippen LogP contribution >= 0.6 is 11.6 Å². The maximum Gasteiger partial charge on any atom is 0.287 e. The van der Waals surface area contributed by atoms with Crippen molar-refractivity contribution in [2.75, 3.05) is 19.6 Å². The molecule has 1 unspecified atom stereocenters. The van der Waals surface area contributed by atoms with Crippen LogP contribution in [-0.2, 0) is 6.61 Å². The van der Waals surface area contributed by atoms with Gasteiger partial charge < -0.3 is 19.4 Å². The van der Waals surface area contributed by atoms with E-state index in [0.717, 1.165) is 19.6 Å². The molecule has 1 aromatic heterocycles. The Labute approximate surface area is 192 Å². The van der Waals surface area contributed by atoms with E-state index in [0.29, 0.717) is 22.3 Å². The van der Waals surface area contributed by atoms with Crippen molar-refractivity contribution in [1.29, 1.82) is 0 Å². The topological polar surface area (TPSA) is 54.7 Å². The van der Waals surface area contributed by atoms with Crippen LogP contribution in [0.2, 0.25) is 5.02 Å². The molecule has 31 heavy (non-hydrogen) atoms. The number of amides is 1. The second-order valence-electron chi connectivity index (χ2n) is 8.07. The normalized spacial score (nSPS) is 12.2. The standard InChI is InChI=1S/C25H37ClN2O3/c1-4-6-10-16-28(17-11-7-5-2)18-20(3)27-25(29)24-15-14-21(31-24)19-30-23-13-9-8-12-22(23)26/h8-9,12-15,20H,4-7,10-11,16-19H2,1-3H3,(H,27,29). The molecule has 1 amide bonds. The van der Waals surface area contributed by atoms with Crippen LogP contribution in [0.25, 0.3) is 0 Å². The van der Waals surface area contributed by atoms with E-state index in [2.05, 4.69) is 31.0 Å². The number of halogens is 1. The largest absolute Gasteiger partial charge is 0.484 e. The molecule has 2 aromatic rings. The second kappa shape index (κ2) is 14.2. The summed E-state index contributed by atoms with van der Waals surface area (Å²) in [6.07, 6.45) is 7.34. The highest BCUT2D eigenvalue weighted by Crippen LogP contribution is 2.24. The predicted molar refractivity (Wildman–Crippen MR) is 127 cm³/mol. The molecule has 0 aliphatic carbocycles. The Morgan fingerprint density at radius 1 is 1.06 bits per heavy atom. The van der Waals surface area contributed by atoms with Gasteiger partial charge in [-0.05, 0) is 57.1 Å². The minimum Gasteiger partial charge on any atom is -0.484 e. The number of hydrogen-bond acceptors (Lipinski definition) is 4. The zero-order valence-electron chi connectivity index (χ0n) is 19.2. The fourth-order valence-corrected chi connectivity index (χ4v) is 3.67. The maximum atomic E-state index is 12.6. The van der Waals surface area contributed by atoms with Crippen molar-refractivity contribution >= 4 is 17.5 Å². The first-order valence-corrected chi connectivity index (χ1v) is 11.9. The lowest BCUT2D eigenvalue weighted by Crippen LogP contribution is -2.42. The molecule has 2 rings (SSSR count). The number of carbonyl (C=O) groups excluding carboxylic acids is 1. The smallest absolute Gasteiger partial charge is 0.287 e. The van der Waals surface area contributed by atoms with Crippen LogP contribution in [0.1, 0.15) is 75.6 Å². The molecular weight excluding hydrogens is 412 g/mol. The highest BCUT2D eigenvalue weighted by molar-refractivity contribution is 6.32. The number of nitrogens with one attached hydrogen (secondary N) is 1. The minimum absolute atomic E-state index is 0.0451. The minimum atomic E-state index is -0.196. The molecule has 0 radical (unpaired) electrons. The van der Waals surface area contributed by atoms with E-state index in [9.17, 15) is 4.79 Å². The van der Waals surface area contributed by atoms with E-state index in [1.165, 1.54) is 38.5 Å². The van der Waals surface area contributed by atoms with Gasteiger partial charge in [-0.3, -0.25) is 4.79 Å². The highest BCUT2D eigenvalue weighted by Gasteiger charge is 2.16. The van der Waals surface area contributed by atoms with Gasteiger partial charge in [0, 0.05) is 12.6 Å². The third kappa shape index (κ3) is 9.36. The Morgan fingerprint density at radius 3 is 2.39 bits per heavy atom. The van der Waals surface area contributed by atoms with E-state index in [1.54, 1.807) is 24.3 Å². The number of para-hydroxylation sites is 1. The number of hydrogen-bond donors (Lipinski definition) is 1. The summed E-state index contributed by atoms with van der Waals surface area (Å²) >= 11 is 6.10. The first kappa shape index (κ1) is 25.3.